The number of ether oxygens (including phenoxy) is 3. The van der Waals surface area contributed by atoms with Crippen LogP contribution < -0.4 is 14.2 Å². The van der Waals surface area contributed by atoms with Crippen LogP contribution in [0.4, 0.5) is 0 Å². The van der Waals surface area contributed by atoms with Crippen LogP contribution in [0.2, 0.25) is 0 Å². The number of fused-ring (bicyclic) bond motifs is 1. The molecular weight excluding hydrogens is 450 g/mol. The summed E-state index contributed by atoms with van der Waals surface area (Å²) in [5, 5.41) is 5.40. The Morgan fingerprint density at radius 2 is 1.64 bits per heavy atom. The van der Waals surface area contributed by atoms with E-state index in [9.17, 15) is 0 Å². The Morgan fingerprint density at radius 1 is 0.861 bits per heavy atom. The quantitative estimate of drug-likeness (QED) is 0.378. The monoisotopic (exact) mass is 495 g/mol. The van der Waals surface area contributed by atoms with Crippen molar-refractivity contribution >= 4 is 0 Å². The molecule has 0 N–H and O–H groups in total. The summed E-state index contributed by atoms with van der Waals surface area (Å²) in [5.74, 6) is 2.70. The van der Waals surface area contributed by atoms with E-state index in [1.165, 1.54) is 42.4 Å². The molecule has 0 saturated carbocycles. The lowest BCUT2D eigenvalue weighted by Gasteiger charge is -2.46. The van der Waals surface area contributed by atoms with E-state index < -0.39 is 0 Å². The van der Waals surface area contributed by atoms with Crippen LogP contribution in [0.25, 0.3) is 0 Å². The number of methoxy groups -OCH3 is 3. The molecule has 0 bridgehead atoms. The molecule has 1 aliphatic carbocycles. The van der Waals surface area contributed by atoms with Crippen LogP contribution >= 0.6 is 0 Å². The minimum Gasteiger partial charge on any atom is -0.497 e. The van der Waals surface area contributed by atoms with E-state index in [1.807, 2.05) is 0 Å². The molecule has 0 aromatic heterocycles. The molecule has 4 rings (SSSR count). The molecule has 1 unspecified atom stereocenters. The first-order valence-electron chi connectivity index (χ1n) is 13.8. The number of hydrazine groups is 1. The van der Waals surface area contributed by atoms with E-state index in [0.29, 0.717) is 6.04 Å². The molecule has 36 heavy (non-hydrogen) atoms. The highest BCUT2D eigenvalue weighted by atomic mass is 16.5. The van der Waals surface area contributed by atoms with Crippen molar-refractivity contribution < 1.29 is 14.2 Å². The van der Waals surface area contributed by atoms with E-state index in [2.05, 4.69) is 58.2 Å². The summed E-state index contributed by atoms with van der Waals surface area (Å²) in [6.07, 6.45) is 8.49. The third-order valence-corrected chi connectivity index (χ3v) is 7.87. The van der Waals surface area contributed by atoms with E-state index in [-0.39, 0.29) is 0 Å². The van der Waals surface area contributed by atoms with Gasteiger partial charge in [-0.25, -0.2) is 10.0 Å². The summed E-state index contributed by atoms with van der Waals surface area (Å²) in [6.45, 7) is 8.86. The Morgan fingerprint density at radius 3 is 2.31 bits per heavy atom. The van der Waals surface area contributed by atoms with Gasteiger partial charge in [0, 0.05) is 50.9 Å². The van der Waals surface area contributed by atoms with Gasteiger partial charge in [0.15, 0.2) is 11.5 Å². The van der Waals surface area contributed by atoms with Gasteiger partial charge in [0.1, 0.15) is 5.75 Å². The predicted octanol–water partition coefficient (Wildman–Crippen LogP) is 5.18. The van der Waals surface area contributed by atoms with Gasteiger partial charge in [-0.3, -0.25) is 4.90 Å². The number of unbranched alkanes of at least 4 members (excludes halogenated alkanes) is 3. The van der Waals surface area contributed by atoms with Crippen molar-refractivity contribution in [1.82, 2.24) is 14.9 Å². The van der Waals surface area contributed by atoms with Crippen molar-refractivity contribution in [2.24, 2.45) is 0 Å². The molecular formula is C30H45N3O3. The number of benzene rings is 2. The van der Waals surface area contributed by atoms with Crippen molar-refractivity contribution in [3.63, 3.8) is 0 Å². The van der Waals surface area contributed by atoms with Crippen molar-refractivity contribution in [2.45, 2.75) is 64.5 Å². The highest BCUT2D eigenvalue weighted by Crippen LogP contribution is 2.38. The van der Waals surface area contributed by atoms with Gasteiger partial charge >= 0.3 is 0 Å². The molecule has 1 heterocycles. The zero-order valence-electron chi connectivity index (χ0n) is 22.8. The molecule has 2 aromatic rings. The lowest BCUT2D eigenvalue weighted by molar-refractivity contribution is -0.0915. The Kier molecular flexibility index (Phi) is 9.90. The number of nitrogens with zero attached hydrogens (tertiary/aromatic N) is 3. The lowest BCUT2D eigenvalue weighted by atomic mass is 9.87. The topological polar surface area (TPSA) is 37.4 Å². The van der Waals surface area contributed by atoms with Crippen LogP contribution in [0.1, 0.15) is 55.7 Å². The molecule has 198 valence electrons. The molecule has 1 saturated heterocycles. The molecule has 2 aromatic carbocycles. The van der Waals surface area contributed by atoms with Crippen molar-refractivity contribution in [2.75, 3.05) is 54.1 Å². The molecule has 1 fully saturated rings. The summed E-state index contributed by atoms with van der Waals surface area (Å²) in [5.41, 5.74) is 4.11. The van der Waals surface area contributed by atoms with Gasteiger partial charge in [0.05, 0.1) is 21.3 Å². The summed E-state index contributed by atoms with van der Waals surface area (Å²) >= 11 is 0. The Balaban J connectivity index is 1.40. The number of hydrogen-bond acceptors (Lipinski definition) is 6. The first-order chi connectivity index (χ1) is 17.7. The maximum absolute atomic E-state index is 5.75. The third kappa shape index (κ3) is 6.53. The highest BCUT2D eigenvalue weighted by Gasteiger charge is 2.31. The minimum atomic E-state index is 0.547. The fourth-order valence-corrected chi connectivity index (χ4v) is 5.82. The van der Waals surface area contributed by atoms with Crippen molar-refractivity contribution in [3.8, 4) is 17.2 Å². The second kappa shape index (κ2) is 13.3. The summed E-state index contributed by atoms with van der Waals surface area (Å²) in [6, 6.07) is 13.4. The molecule has 6 heteroatoms. The number of hydrogen-bond donors (Lipinski definition) is 0. The maximum Gasteiger partial charge on any atom is 0.164 e. The van der Waals surface area contributed by atoms with Crippen molar-refractivity contribution in [1.29, 1.82) is 0 Å². The van der Waals surface area contributed by atoms with Crippen LogP contribution in [0.5, 0.6) is 17.2 Å². The van der Waals surface area contributed by atoms with E-state index in [1.54, 1.807) is 21.3 Å². The minimum absolute atomic E-state index is 0.547. The fraction of sp³-hybridized carbons (Fsp3) is 0.600. The Labute approximate surface area is 218 Å². The number of piperazine rings is 1. The molecule has 6 nitrogen and oxygen atoms in total. The molecule has 0 spiro atoms. The van der Waals surface area contributed by atoms with E-state index in [0.717, 1.165) is 75.8 Å². The zero-order valence-corrected chi connectivity index (χ0v) is 22.8. The van der Waals surface area contributed by atoms with Crippen LogP contribution in [0.3, 0.4) is 0 Å². The molecule has 2 aliphatic rings. The third-order valence-electron chi connectivity index (χ3n) is 7.87. The average Bonchev–Trinajstić information content (AvgIpc) is 2.93. The molecule has 1 aliphatic heterocycles. The summed E-state index contributed by atoms with van der Waals surface area (Å²) < 4.78 is 16.6. The van der Waals surface area contributed by atoms with E-state index in [4.69, 9.17) is 14.2 Å². The van der Waals surface area contributed by atoms with Crippen LogP contribution in [0, 0.1) is 0 Å². The predicted molar refractivity (Wildman–Crippen MR) is 146 cm³/mol. The zero-order chi connectivity index (χ0) is 25.3. The number of rotatable bonds is 12. The first-order valence-corrected chi connectivity index (χ1v) is 13.8. The standard InChI is InChI=1S/C30H45N3O3/c1-5-6-7-8-17-33(26-12-15-28-25(22-26)11-16-29(35-3)30(28)36-4)32-20-18-31(19-21-32)23-24-9-13-27(34-2)14-10-24/h9-11,13-14,16,26H,5-8,12,15,17-23H2,1-4H3. The molecule has 0 amide bonds. The smallest absolute Gasteiger partial charge is 0.164 e. The summed E-state index contributed by atoms with van der Waals surface area (Å²) in [4.78, 5) is 2.58. The summed E-state index contributed by atoms with van der Waals surface area (Å²) in [7, 11) is 5.21. The van der Waals surface area contributed by atoms with Gasteiger partial charge in [-0.1, -0.05) is 44.4 Å². The molecule has 0 radical (unpaired) electrons. The van der Waals surface area contributed by atoms with Gasteiger partial charge in [0.25, 0.3) is 0 Å². The van der Waals surface area contributed by atoms with Gasteiger partial charge in [-0.05, 0) is 55.0 Å². The van der Waals surface area contributed by atoms with Crippen LogP contribution in [0.15, 0.2) is 36.4 Å². The molecule has 1 atom stereocenters. The van der Waals surface area contributed by atoms with E-state index >= 15 is 0 Å². The maximum atomic E-state index is 5.75. The van der Waals surface area contributed by atoms with Crippen molar-refractivity contribution in [3.05, 3.63) is 53.1 Å². The first kappa shape index (κ1) is 26.8. The Bertz CT molecular complexity index is 941. The highest BCUT2D eigenvalue weighted by molar-refractivity contribution is 5.52. The average molecular weight is 496 g/mol. The largest absolute Gasteiger partial charge is 0.497 e. The van der Waals surface area contributed by atoms with Gasteiger partial charge in [-0.2, -0.15) is 0 Å². The second-order valence-electron chi connectivity index (χ2n) is 10.1. The van der Waals surface area contributed by atoms with Gasteiger partial charge in [-0.15, -0.1) is 0 Å². The fourth-order valence-electron chi connectivity index (χ4n) is 5.82. The van der Waals surface area contributed by atoms with Gasteiger partial charge < -0.3 is 14.2 Å². The van der Waals surface area contributed by atoms with Crippen LogP contribution in [-0.2, 0) is 19.4 Å². The normalized spacial score (nSPS) is 18.8. The van der Waals surface area contributed by atoms with Crippen LogP contribution in [-0.4, -0.2) is 75.0 Å². The lowest BCUT2D eigenvalue weighted by Crippen LogP contribution is -2.57. The van der Waals surface area contributed by atoms with Gasteiger partial charge in [0.2, 0.25) is 0 Å². The SMILES string of the molecule is CCCCCCN(C1CCc2c(ccc(OC)c2OC)C1)N1CCN(Cc2ccc(OC)cc2)CC1. The second-order valence-corrected chi connectivity index (χ2v) is 10.1. The Hall–Kier alpha value is -2.28.